The predicted octanol–water partition coefficient (Wildman–Crippen LogP) is 6.36. The number of hydrogen-bond acceptors (Lipinski definition) is 5. The van der Waals surface area contributed by atoms with Gasteiger partial charge in [-0.15, -0.1) is 0 Å². The molecule has 0 radical (unpaired) electrons. The summed E-state index contributed by atoms with van der Waals surface area (Å²) in [5.74, 6) is -1.31. The average Bonchev–Trinajstić information content (AvgIpc) is 3.59. The number of nitrogens with zero attached hydrogens (tertiary/aromatic N) is 3. The topological polar surface area (TPSA) is 90.5 Å². The summed E-state index contributed by atoms with van der Waals surface area (Å²) in [5, 5.41) is 6.60. The molecule has 2 heterocycles. The molecular weight excluding hydrogens is 534 g/mol. The van der Waals surface area contributed by atoms with Crippen molar-refractivity contribution in [3.8, 4) is 0 Å². The van der Waals surface area contributed by atoms with Crippen molar-refractivity contribution in [1.82, 2.24) is 9.97 Å². The molecule has 1 saturated heterocycles. The van der Waals surface area contributed by atoms with Gasteiger partial charge in [0.25, 0.3) is 0 Å². The number of aromatic nitrogens is 2. The third-order valence-corrected chi connectivity index (χ3v) is 9.52. The largest absolute Gasteiger partial charge is 0.323 e. The lowest BCUT2D eigenvalue weighted by Crippen LogP contribution is -2.54. The Balaban J connectivity index is 1.25. The van der Waals surface area contributed by atoms with Gasteiger partial charge in [-0.05, 0) is 45.8 Å². The van der Waals surface area contributed by atoms with Crippen LogP contribution in [0.4, 0.5) is 11.6 Å². The van der Waals surface area contributed by atoms with E-state index in [9.17, 15) is 9.59 Å². The van der Waals surface area contributed by atoms with E-state index in [-0.39, 0.29) is 17.7 Å². The molecule has 1 aromatic heterocycles. The fraction of sp³-hybridized carbons (Fsp3) is 0.111. The Labute approximate surface area is 246 Å². The summed E-state index contributed by atoms with van der Waals surface area (Å²) in [6.07, 6.45) is 1.84. The molecule has 10 rings (SSSR count). The highest BCUT2D eigenvalue weighted by Gasteiger charge is 2.68. The zero-order valence-electron chi connectivity index (χ0n) is 22.9. The van der Waals surface area contributed by atoms with Crippen LogP contribution in [0.2, 0.25) is 0 Å². The van der Waals surface area contributed by atoms with Crippen molar-refractivity contribution in [3.05, 3.63) is 138 Å². The molecule has 1 aliphatic heterocycles. The fourth-order valence-electron chi connectivity index (χ4n) is 7.89. The van der Waals surface area contributed by atoms with Crippen LogP contribution in [0.25, 0.3) is 21.8 Å². The first-order valence-electron chi connectivity index (χ1n) is 14.5. The summed E-state index contributed by atoms with van der Waals surface area (Å²) in [4.78, 5) is 38.6. The molecule has 1 fully saturated rings. The van der Waals surface area contributed by atoms with E-state index in [0.717, 1.165) is 44.1 Å². The lowest BCUT2D eigenvalue weighted by molar-refractivity contribution is -0.122. The summed E-state index contributed by atoms with van der Waals surface area (Å²) in [7, 11) is 0. The number of anilines is 2. The minimum Gasteiger partial charge on any atom is -0.323 e. The van der Waals surface area contributed by atoms with Crippen LogP contribution < -0.4 is 10.3 Å². The number of carbonyl (C=O) groups excluding carboxylic acids is 2. The van der Waals surface area contributed by atoms with Crippen LogP contribution in [0.15, 0.2) is 120 Å². The molecule has 2 N–H and O–H groups in total. The summed E-state index contributed by atoms with van der Waals surface area (Å²) in [6, 6.07) is 37.8. The number of H-pyrrole nitrogens is 1. The fourth-order valence-corrected chi connectivity index (χ4v) is 7.89. The van der Waals surface area contributed by atoms with Crippen molar-refractivity contribution in [2.45, 2.75) is 11.3 Å². The maximum Gasteiger partial charge on any atom is 0.239 e. The molecule has 2 bridgehead atoms. The van der Waals surface area contributed by atoms with Crippen LogP contribution in [0.3, 0.4) is 0 Å². The number of nitrogens with one attached hydrogen (secondary N) is 2. The zero-order chi connectivity index (χ0) is 28.7. The van der Waals surface area contributed by atoms with Crippen molar-refractivity contribution in [3.63, 3.8) is 0 Å². The normalized spacial score (nSPS) is 23.6. The maximum absolute atomic E-state index is 14.8. The number of imidazole rings is 1. The first kappa shape index (κ1) is 24.1. The Bertz CT molecular complexity index is 2080. The van der Waals surface area contributed by atoms with Gasteiger partial charge in [-0.2, -0.15) is 5.10 Å². The lowest BCUT2D eigenvalue weighted by Gasteiger charge is -2.52. The number of benzene rings is 5. The molecule has 3 aliphatic carbocycles. The van der Waals surface area contributed by atoms with E-state index in [4.69, 9.17) is 5.10 Å². The predicted molar refractivity (Wildman–Crippen MR) is 167 cm³/mol. The maximum atomic E-state index is 14.8. The highest BCUT2D eigenvalue weighted by atomic mass is 16.2. The molecule has 43 heavy (non-hydrogen) atoms. The van der Waals surface area contributed by atoms with E-state index in [1.807, 2.05) is 97.2 Å². The summed E-state index contributed by atoms with van der Waals surface area (Å²) >= 11 is 0. The van der Waals surface area contributed by atoms with Crippen LogP contribution >= 0.6 is 0 Å². The highest BCUT2D eigenvalue weighted by Crippen LogP contribution is 2.63. The molecule has 7 heteroatoms. The van der Waals surface area contributed by atoms with E-state index in [2.05, 4.69) is 39.7 Å². The number of imide groups is 1. The molecule has 0 saturated carbocycles. The number of aromatic amines is 1. The van der Waals surface area contributed by atoms with Crippen LogP contribution in [0.1, 0.15) is 28.2 Å². The van der Waals surface area contributed by atoms with Crippen molar-refractivity contribution in [2.75, 3.05) is 10.3 Å². The molecule has 6 aromatic rings. The number of para-hydroxylation sites is 2. The van der Waals surface area contributed by atoms with Crippen molar-refractivity contribution in [1.29, 1.82) is 0 Å². The smallest absolute Gasteiger partial charge is 0.239 e. The Hall–Kier alpha value is -5.56. The van der Waals surface area contributed by atoms with Crippen molar-refractivity contribution >= 4 is 51.5 Å². The molecule has 7 nitrogen and oxygen atoms in total. The SMILES string of the molecule is O=C1C2C3c4ccccc4C(/C=N/Nc4nc5ccccc5[nH]4)(c4ccccc43)C2C(=O)N1c1cccc2ccccc12. The third kappa shape index (κ3) is 3.13. The van der Waals surface area contributed by atoms with Gasteiger partial charge < -0.3 is 4.98 Å². The van der Waals surface area contributed by atoms with Gasteiger partial charge in [-0.25, -0.2) is 15.3 Å². The second-order valence-electron chi connectivity index (χ2n) is 11.5. The third-order valence-electron chi connectivity index (χ3n) is 9.52. The monoisotopic (exact) mass is 559 g/mol. The van der Waals surface area contributed by atoms with E-state index in [1.165, 1.54) is 4.90 Å². The van der Waals surface area contributed by atoms with Gasteiger partial charge >= 0.3 is 0 Å². The Morgan fingerprint density at radius 3 is 2.23 bits per heavy atom. The van der Waals surface area contributed by atoms with E-state index < -0.39 is 17.3 Å². The number of hydrogen-bond donors (Lipinski definition) is 2. The number of rotatable bonds is 4. The Kier molecular flexibility index (Phi) is 4.88. The molecule has 2 atom stereocenters. The van der Waals surface area contributed by atoms with Gasteiger partial charge in [0.15, 0.2) is 0 Å². The van der Waals surface area contributed by atoms with Gasteiger partial charge in [0.2, 0.25) is 17.8 Å². The standard InChI is InChI=1S/C36H25N5O2/c42-33-31-30-23-13-3-5-15-25(23)36(26-16-6-4-14-24(26)30,20-37-40-35-38-27-17-7-8-18-28(27)39-35)32(31)34(43)41(33)29-19-9-11-21-10-1-2-12-22(21)29/h1-20,30-32H,(H2,38,39,40)/b37-20+. The van der Waals surface area contributed by atoms with E-state index in [1.54, 1.807) is 0 Å². The quantitative estimate of drug-likeness (QED) is 0.149. The molecule has 4 aliphatic rings. The van der Waals surface area contributed by atoms with Crippen LogP contribution in [0.5, 0.6) is 0 Å². The molecule has 5 aromatic carbocycles. The minimum atomic E-state index is -0.961. The highest BCUT2D eigenvalue weighted by molar-refractivity contribution is 6.27. The van der Waals surface area contributed by atoms with Crippen LogP contribution in [-0.2, 0) is 15.0 Å². The van der Waals surface area contributed by atoms with Gasteiger partial charge in [0.1, 0.15) is 0 Å². The second-order valence-corrected chi connectivity index (χ2v) is 11.5. The Morgan fingerprint density at radius 1 is 0.767 bits per heavy atom. The molecular formula is C36H25N5O2. The number of hydrazone groups is 1. The van der Waals surface area contributed by atoms with Gasteiger partial charge in [0.05, 0.1) is 34.0 Å². The number of carbonyl (C=O) groups is 2. The van der Waals surface area contributed by atoms with Crippen LogP contribution in [-0.4, -0.2) is 28.0 Å². The lowest BCUT2D eigenvalue weighted by atomic mass is 9.47. The summed E-state index contributed by atoms with van der Waals surface area (Å²) < 4.78 is 0. The zero-order valence-corrected chi connectivity index (χ0v) is 22.9. The second kappa shape index (κ2) is 8.72. The van der Waals surface area contributed by atoms with Gasteiger partial charge in [-0.3, -0.25) is 9.59 Å². The number of amides is 2. The van der Waals surface area contributed by atoms with Gasteiger partial charge in [-0.1, -0.05) is 97.1 Å². The molecule has 0 spiro atoms. The van der Waals surface area contributed by atoms with E-state index >= 15 is 0 Å². The summed E-state index contributed by atoms with van der Waals surface area (Å²) in [5.41, 5.74) is 8.63. The van der Waals surface area contributed by atoms with Crippen molar-refractivity contribution in [2.24, 2.45) is 16.9 Å². The first-order chi connectivity index (χ1) is 21.2. The molecule has 206 valence electrons. The minimum absolute atomic E-state index is 0.164. The van der Waals surface area contributed by atoms with Crippen LogP contribution in [0, 0.1) is 11.8 Å². The van der Waals surface area contributed by atoms with Gasteiger partial charge in [0, 0.05) is 17.5 Å². The number of fused-ring (bicyclic) bond motifs is 2. The average molecular weight is 560 g/mol. The molecule has 2 unspecified atom stereocenters. The van der Waals surface area contributed by atoms with E-state index in [0.29, 0.717) is 11.6 Å². The van der Waals surface area contributed by atoms with Crippen molar-refractivity contribution < 1.29 is 9.59 Å². The first-order valence-corrected chi connectivity index (χ1v) is 14.5. The molecule has 2 amide bonds. The Morgan fingerprint density at radius 2 is 1.44 bits per heavy atom. The summed E-state index contributed by atoms with van der Waals surface area (Å²) in [6.45, 7) is 0.